The predicted octanol–water partition coefficient (Wildman–Crippen LogP) is 6.11. The standard InChI is InChI=1S/C56H88N4O16/c1-33-19-15-14-16-20-34(2)44(60(73-13)55(68)57(8)9)31-41-24-22-39(7)56(69,75-41)51(64)52(65)59-26-18-17-21-43(59)54(67)74-46(36(4)29-40-23-25-42(47(30-40)71-11)53(66)76-58(10)70)32-45(61)35(3)28-38(6)49(63)50(72-12)48(62)37(5)27-33/h14-16,19-20,28,33,35-37,39-44,46-47,49-50,63,69-70H,17-18,21-27,29-32H2,1-13H3/b16-14+,19-15-,34-20+,38-28+/t33-,35-,36-,37-,39-,40+,41+,42-,43+,44+,46+,47-,49-,50+,56-/m1/s1. The van der Waals surface area contributed by atoms with Crippen molar-refractivity contribution >= 4 is 41.2 Å². The summed E-state index contributed by atoms with van der Waals surface area (Å²) >= 11 is 0. The molecule has 20 heteroatoms. The number of carbonyl (C=O) groups is 7. The van der Waals surface area contributed by atoms with Crippen molar-refractivity contribution in [3.63, 3.8) is 0 Å². The predicted molar refractivity (Wildman–Crippen MR) is 279 cm³/mol. The van der Waals surface area contributed by atoms with E-state index in [2.05, 4.69) is 0 Å². The fourth-order valence-electron chi connectivity index (χ4n) is 11.2. The number of hydrogen-bond acceptors (Lipinski definition) is 17. The molecule has 15 atom stereocenters. The quantitative estimate of drug-likeness (QED) is 0.102. The number of hydroxylamine groups is 4. The number of rotatable bonds is 9. The minimum absolute atomic E-state index is 0.00381. The van der Waals surface area contributed by atoms with E-state index in [0.717, 1.165) is 4.90 Å². The van der Waals surface area contributed by atoms with E-state index in [4.69, 9.17) is 28.6 Å². The third-order valence-corrected chi connectivity index (χ3v) is 15.8. The first-order valence-corrected chi connectivity index (χ1v) is 26.9. The van der Waals surface area contributed by atoms with Crippen LogP contribution in [0, 0.1) is 41.4 Å². The Balaban J connectivity index is 1.76. The van der Waals surface area contributed by atoms with Crippen LogP contribution < -0.4 is 0 Å². The zero-order valence-corrected chi connectivity index (χ0v) is 47.2. The van der Waals surface area contributed by atoms with Gasteiger partial charge in [0, 0.05) is 65.5 Å². The van der Waals surface area contributed by atoms with Crippen molar-refractivity contribution in [3.05, 3.63) is 47.6 Å². The summed E-state index contributed by atoms with van der Waals surface area (Å²) in [5.41, 5.74) is 1.01. The first-order valence-electron chi connectivity index (χ1n) is 26.9. The van der Waals surface area contributed by atoms with Gasteiger partial charge in [0.1, 0.15) is 30.1 Å². The van der Waals surface area contributed by atoms with Crippen molar-refractivity contribution in [2.75, 3.05) is 49.0 Å². The van der Waals surface area contributed by atoms with Crippen LogP contribution in [0.5, 0.6) is 0 Å². The first kappa shape index (κ1) is 63.9. The highest BCUT2D eigenvalue weighted by atomic mass is 16.9. The van der Waals surface area contributed by atoms with E-state index < -0.39 is 108 Å². The van der Waals surface area contributed by atoms with E-state index in [1.54, 1.807) is 60.0 Å². The lowest BCUT2D eigenvalue weighted by molar-refractivity contribution is -0.306. The number of Topliss-reactive ketones (excluding diaryl/α,β-unsaturated/α-hetero) is 3. The number of urea groups is 1. The Labute approximate surface area is 449 Å². The number of methoxy groups -OCH3 is 2. The molecule has 4 rings (SSSR count). The Morgan fingerprint density at radius 1 is 0.882 bits per heavy atom. The number of amides is 3. The maximum absolute atomic E-state index is 14.6. The van der Waals surface area contributed by atoms with Crippen molar-refractivity contribution < 1.29 is 77.6 Å². The summed E-state index contributed by atoms with van der Waals surface area (Å²) in [6.45, 7) is 12.3. The van der Waals surface area contributed by atoms with Crippen LogP contribution >= 0.6 is 0 Å². The van der Waals surface area contributed by atoms with Crippen LogP contribution in [0.3, 0.4) is 0 Å². The molecule has 1 aliphatic carbocycles. The van der Waals surface area contributed by atoms with Gasteiger partial charge in [0.15, 0.2) is 5.78 Å². The van der Waals surface area contributed by atoms with Gasteiger partial charge in [-0.1, -0.05) is 71.1 Å². The van der Waals surface area contributed by atoms with Crippen LogP contribution in [0.1, 0.15) is 126 Å². The fourth-order valence-corrected chi connectivity index (χ4v) is 11.2. The molecule has 0 aromatic rings. The van der Waals surface area contributed by atoms with Crippen LogP contribution in [0.25, 0.3) is 0 Å². The highest BCUT2D eigenvalue weighted by Crippen LogP contribution is 2.39. The molecule has 2 saturated heterocycles. The van der Waals surface area contributed by atoms with Crippen LogP contribution in [-0.4, -0.2) is 174 Å². The van der Waals surface area contributed by atoms with Crippen LogP contribution in [0.4, 0.5) is 4.79 Å². The Kier molecular flexibility index (Phi) is 24.7. The van der Waals surface area contributed by atoms with Gasteiger partial charge in [-0.05, 0) is 112 Å². The fraction of sp³-hybridized carbons (Fsp3) is 0.732. The monoisotopic (exact) mass is 1070 g/mol. The van der Waals surface area contributed by atoms with Crippen molar-refractivity contribution in [2.45, 2.75) is 174 Å². The minimum atomic E-state index is -2.59. The second-order valence-corrected chi connectivity index (χ2v) is 22.0. The summed E-state index contributed by atoms with van der Waals surface area (Å²) in [5, 5.41) is 34.9. The Hall–Kier alpha value is -4.67. The van der Waals surface area contributed by atoms with Crippen LogP contribution in [0.2, 0.25) is 0 Å². The van der Waals surface area contributed by atoms with Gasteiger partial charge in [0.05, 0.1) is 38.3 Å². The third-order valence-electron chi connectivity index (χ3n) is 15.8. The topological polar surface area (TPSA) is 249 Å². The van der Waals surface area contributed by atoms with E-state index in [1.807, 2.05) is 39.0 Å². The lowest BCUT2D eigenvalue weighted by Crippen LogP contribution is -2.61. The Morgan fingerprint density at radius 3 is 2.21 bits per heavy atom. The molecule has 1 saturated carbocycles. The summed E-state index contributed by atoms with van der Waals surface area (Å²) in [6.07, 6.45) is 9.56. The molecular weight excluding hydrogens is 985 g/mol. The highest BCUT2D eigenvalue weighted by Gasteiger charge is 2.53. The minimum Gasteiger partial charge on any atom is -0.460 e. The second-order valence-electron chi connectivity index (χ2n) is 22.0. The number of ether oxygens (including phenoxy) is 4. The molecule has 4 aliphatic rings. The molecule has 428 valence electrons. The molecule has 0 aromatic heterocycles. The molecule has 20 nitrogen and oxygen atoms in total. The summed E-state index contributed by atoms with van der Waals surface area (Å²) in [6, 6.07) is -2.47. The average molecular weight is 1070 g/mol. The van der Waals surface area contributed by atoms with Gasteiger partial charge in [0.25, 0.3) is 11.7 Å². The van der Waals surface area contributed by atoms with E-state index in [-0.39, 0.29) is 55.6 Å². The summed E-state index contributed by atoms with van der Waals surface area (Å²) in [5.74, 6) is -10.5. The molecule has 0 radical (unpaired) electrons. The maximum atomic E-state index is 14.6. The molecular formula is C56H88N4O16. The zero-order chi connectivity index (χ0) is 56.8. The summed E-state index contributed by atoms with van der Waals surface area (Å²) in [4.78, 5) is 111. The van der Waals surface area contributed by atoms with Crippen molar-refractivity contribution in [1.82, 2.24) is 20.1 Å². The largest absolute Gasteiger partial charge is 0.460 e. The van der Waals surface area contributed by atoms with Gasteiger partial charge in [-0.25, -0.2) is 14.4 Å². The number of allylic oxidation sites excluding steroid dienone is 6. The van der Waals surface area contributed by atoms with Gasteiger partial charge in [0.2, 0.25) is 5.79 Å². The van der Waals surface area contributed by atoms with E-state index in [0.29, 0.717) is 67.7 Å². The van der Waals surface area contributed by atoms with Gasteiger partial charge >= 0.3 is 18.0 Å². The normalized spacial score (nSPS) is 36.1. The number of piperidine rings is 1. The number of aliphatic hydroxyl groups is 2. The van der Waals surface area contributed by atoms with Crippen molar-refractivity contribution in [1.29, 1.82) is 0 Å². The molecule has 3 heterocycles. The molecule has 0 unspecified atom stereocenters. The molecule has 3 fully saturated rings. The molecule has 0 spiro atoms. The molecule has 3 aliphatic heterocycles. The third kappa shape index (κ3) is 16.7. The summed E-state index contributed by atoms with van der Waals surface area (Å²) < 4.78 is 23.9. The van der Waals surface area contributed by atoms with Crippen molar-refractivity contribution in [3.8, 4) is 0 Å². The first-order chi connectivity index (χ1) is 35.8. The van der Waals surface area contributed by atoms with Crippen LogP contribution in [0.15, 0.2) is 47.6 Å². The van der Waals surface area contributed by atoms with E-state index >= 15 is 0 Å². The number of ketones is 3. The van der Waals surface area contributed by atoms with E-state index in [1.165, 1.54) is 38.3 Å². The Bertz CT molecular complexity index is 2140. The number of cyclic esters (lactones) is 1. The zero-order valence-electron chi connectivity index (χ0n) is 47.2. The number of fused-ring (bicyclic) bond motifs is 3. The average Bonchev–Trinajstić information content (AvgIpc) is 3.38. The number of hydrogen-bond donors (Lipinski definition) is 3. The molecule has 2 bridgehead atoms. The molecule has 3 N–H and O–H groups in total. The lowest BCUT2D eigenvalue weighted by atomic mass is 9.75. The number of nitrogens with zero attached hydrogens (tertiary/aromatic N) is 4. The lowest BCUT2D eigenvalue weighted by Gasteiger charge is -2.43. The molecule has 0 aromatic carbocycles. The smallest absolute Gasteiger partial charge is 0.343 e. The van der Waals surface area contributed by atoms with Gasteiger partial charge < -0.3 is 43.8 Å². The SMILES string of the molecule is CO[C@@H]1C[C@H](C[C@@H](C)[C@@H]2CC(=O)[C@H](C)/C=C(\C)[C@@H](O)[C@@H](OC)C(=O)[C@H](C)C[C@H](C)\C=C/C=C/C=C(\C)[C@@H](N(OC)C(=O)N(C)C)C[C@@H]3CC[C@@H](C)[C@@](O)(O3)C(=O)C(=O)N3CCCC[C@H]3C(=O)O2)CC[C@H]1C(=O)ON(C)O. The number of esters is 1. The van der Waals surface area contributed by atoms with Gasteiger partial charge in [-0.15, -0.1) is 0 Å². The number of carbonyl (C=O) groups excluding carboxylic acids is 7. The van der Waals surface area contributed by atoms with Gasteiger partial charge in [-0.2, -0.15) is 5.06 Å². The number of aliphatic hydroxyl groups excluding tert-OH is 1. The second kappa shape index (κ2) is 29.3. The molecule has 3 amide bonds. The molecule has 76 heavy (non-hydrogen) atoms. The van der Waals surface area contributed by atoms with Gasteiger partial charge in [-0.3, -0.25) is 29.2 Å². The van der Waals surface area contributed by atoms with Crippen molar-refractivity contribution in [2.24, 2.45) is 41.4 Å². The van der Waals surface area contributed by atoms with Crippen LogP contribution in [-0.2, 0) is 57.4 Å². The maximum Gasteiger partial charge on any atom is 0.343 e. The Morgan fingerprint density at radius 2 is 1.58 bits per heavy atom. The van der Waals surface area contributed by atoms with E-state index in [9.17, 15) is 49.0 Å². The highest BCUT2D eigenvalue weighted by molar-refractivity contribution is 6.39. The summed E-state index contributed by atoms with van der Waals surface area (Å²) in [7, 11) is 8.54.